The Morgan fingerprint density at radius 1 is 1.11 bits per heavy atom. The van der Waals surface area contributed by atoms with Crippen molar-refractivity contribution in [1.82, 2.24) is 14.8 Å². The number of rotatable bonds is 9. The molecule has 146 valence electrons. The second kappa shape index (κ2) is 9.09. The number of hydrogen-bond acceptors (Lipinski definition) is 5. The van der Waals surface area contributed by atoms with Gasteiger partial charge in [-0.3, -0.25) is 4.57 Å². The van der Waals surface area contributed by atoms with Crippen molar-refractivity contribution in [2.75, 3.05) is 12.4 Å². The number of hydrogen-bond donors (Lipinski definition) is 1. The summed E-state index contributed by atoms with van der Waals surface area (Å²) in [5.74, 6) is 2.01. The molecule has 1 fully saturated rings. The molecule has 1 aromatic heterocycles. The monoisotopic (exact) mass is 415 g/mol. The smallest absolute Gasteiger partial charge is 0.195 e. The Labute approximate surface area is 173 Å². The fourth-order valence-electron chi connectivity index (χ4n) is 2.91. The number of aliphatic hydroxyl groups is 1. The highest BCUT2D eigenvalue weighted by Gasteiger charge is 2.31. The molecule has 1 N–H and O–H groups in total. The second-order valence-electron chi connectivity index (χ2n) is 6.89. The number of nitrogens with zero attached hydrogens (tertiary/aromatic N) is 3. The van der Waals surface area contributed by atoms with Crippen molar-refractivity contribution in [2.24, 2.45) is 0 Å². The molecule has 0 saturated heterocycles. The lowest BCUT2D eigenvalue weighted by atomic mass is 10.2. The van der Waals surface area contributed by atoms with E-state index >= 15 is 0 Å². The van der Waals surface area contributed by atoms with Crippen molar-refractivity contribution < 1.29 is 9.84 Å². The number of benzene rings is 2. The summed E-state index contributed by atoms with van der Waals surface area (Å²) in [6, 6.07) is 17.7. The van der Waals surface area contributed by atoms with Crippen LogP contribution in [-0.4, -0.2) is 38.3 Å². The van der Waals surface area contributed by atoms with Gasteiger partial charge in [0, 0.05) is 22.4 Å². The normalized spacial score (nSPS) is 14.9. The lowest BCUT2D eigenvalue weighted by molar-refractivity contribution is 0.0398. The predicted octanol–water partition coefficient (Wildman–Crippen LogP) is 4.47. The van der Waals surface area contributed by atoms with E-state index in [1.165, 1.54) is 11.8 Å². The van der Waals surface area contributed by atoms with Crippen molar-refractivity contribution in [1.29, 1.82) is 0 Å². The zero-order chi connectivity index (χ0) is 19.3. The number of para-hydroxylation sites is 1. The number of ether oxygens (including phenoxy) is 1. The molecule has 28 heavy (non-hydrogen) atoms. The van der Waals surface area contributed by atoms with Crippen LogP contribution >= 0.6 is 23.4 Å². The number of thioether (sulfide) groups is 1. The van der Waals surface area contributed by atoms with Crippen LogP contribution in [0.25, 0.3) is 5.69 Å². The van der Waals surface area contributed by atoms with Crippen molar-refractivity contribution in [3.63, 3.8) is 0 Å². The molecule has 0 spiro atoms. The molecule has 0 amide bonds. The molecule has 1 aliphatic rings. The summed E-state index contributed by atoms with van der Waals surface area (Å²) in [5, 5.41) is 20.6. The van der Waals surface area contributed by atoms with Crippen molar-refractivity contribution >= 4 is 23.4 Å². The van der Waals surface area contributed by atoms with E-state index in [4.69, 9.17) is 16.3 Å². The largest absolute Gasteiger partial charge is 0.390 e. The zero-order valence-corrected chi connectivity index (χ0v) is 16.9. The highest BCUT2D eigenvalue weighted by molar-refractivity contribution is 7.99. The summed E-state index contributed by atoms with van der Waals surface area (Å²) < 4.78 is 7.74. The van der Waals surface area contributed by atoms with Gasteiger partial charge in [0.15, 0.2) is 5.16 Å². The Balaban J connectivity index is 1.33. The quantitative estimate of drug-likeness (QED) is 0.522. The topological polar surface area (TPSA) is 60.2 Å². The molecule has 1 heterocycles. The molecular weight excluding hydrogens is 394 g/mol. The third-order valence-electron chi connectivity index (χ3n) is 4.51. The summed E-state index contributed by atoms with van der Waals surface area (Å²) in [5.41, 5.74) is 2.09. The van der Waals surface area contributed by atoms with E-state index in [1.54, 1.807) is 0 Å². The van der Waals surface area contributed by atoms with E-state index in [1.807, 2.05) is 42.5 Å². The van der Waals surface area contributed by atoms with Crippen molar-refractivity contribution in [2.45, 2.75) is 36.6 Å². The zero-order valence-electron chi connectivity index (χ0n) is 15.4. The van der Waals surface area contributed by atoms with E-state index in [2.05, 4.69) is 26.9 Å². The molecule has 2 aromatic carbocycles. The summed E-state index contributed by atoms with van der Waals surface area (Å²) in [6.45, 7) is 0.718. The average Bonchev–Trinajstić information content (AvgIpc) is 3.48. The van der Waals surface area contributed by atoms with Crippen LogP contribution < -0.4 is 0 Å². The highest BCUT2D eigenvalue weighted by Crippen LogP contribution is 2.41. The number of halogens is 1. The van der Waals surface area contributed by atoms with Crippen LogP contribution in [0.5, 0.6) is 0 Å². The molecule has 5 nitrogen and oxygen atoms in total. The van der Waals surface area contributed by atoms with Gasteiger partial charge in [0.2, 0.25) is 0 Å². The number of aromatic nitrogens is 3. The van der Waals surface area contributed by atoms with Crippen LogP contribution in [0.2, 0.25) is 5.02 Å². The van der Waals surface area contributed by atoms with Gasteiger partial charge in [0.25, 0.3) is 0 Å². The molecule has 1 atom stereocenters. The van der Waals surface area contributed by atoms with Gasteiger partial charge < -0.3 is 9.84 Å². The molecule has 1 aliphatic carbocycles. The van der Waals surface area contributed by atoms with Crippen LogP contribution in [0.1, 0.15) is 30.1 Å². The Hall–Kier alpha value is -1.86. The minimum absolute atomic E-state index is 0.268. The van der Waals surface area contributed by atoms with E-state index in [0.29, 0.717) is 23.3 Å². The molecule has 4 rings (SSSR count). The van der Waals surface area contributed by atoms with Crippen LogP contribution in [-0.2, 0) is 11.3 Å². The first-order valence-corrected chi connectivity index (χ1v) is 10.7. The van der Waals surface area contributed by atoms with Crippen LogP contribution in [0.4, 0.5) is 0 Å². The standard InChI is InChI=1S/C21H22ClN3O2S/c22-17-10-6-15(7-11-17)12-27-13-19(26)14-28-21-24-23-20(16-8-9-16)25(21)18-4-2-1-3-5-18/h1-7,10-11,16,19,26H,8-9,12-14H2. The summed E-state index contributed by atoms with van der Waals surface area (Å²) in [6.07, 6.45) is 1.75. The molecule has 1 unspecified atom stereocenters. The van der Waals surface area contributed by atoms with Gasteiger partial charge in [0.05, 0.1) is 19.3 Å². The third kappa shape index (κ3) is 4.94. The lowest BCUT2D eigenvalue weighted by Crippen LogP contribution is -2.18. The Morgan fingerprint density at radius 2 is 1.86 bits per heavy atom. The summed E-state index contributed by atoms with van der Waals surface area (Å²) in [7, 11) is 0. The van der Waals surface area contributed by atoms with Gasteiger partial charge in [-0.05, 0) is 42.7 Å². The van der Waals surface area contributed by atoms with E-state index in [-0.39, 0.29) is 6.61 Å². The molecule has 1 saturated carbocycles. The van der Waals surface area contributed by atoms with Gasteiger partial charge in [-0.25, -0.2) is 0 Å². The fourth-order valence-corrected chi connectivity index (χ4v) is 3.90. The first-order chi connectivity index (χ1) is 13.7. The maximum absolute atomic E-state index is 10.3. The number of aliphatic hydroxyl groups excluding tert-OH is 1. The van der Waals surface area contributed by atoms with E-state index in [9.17, 15) is 5.11 Å². The van der Waals surface area contributed by atoms with Gasteiger partial charge in [-0.15, -0.1) is 10.2 Å². The van der Waals surface area contributed by atoms with Crippen molar-refractivity contribution in [3.8, 4) is 5.69 Å². The second-order valence-corrected chi connectivity index (χ2v) is 8.32. The van der Waals surface area contributed by atoms with Crippen molar-refractivity contribution in [3.05, 3.63) is 71.0 Å². The van der Waals surface area contributed by atoms with Gasteiger partial charge in [-0.1, -0.05) is 53.7 Å². The first kappa shape index (κ1) is 19.5. The van der Waals surface area contributed by atoms with E-state index in [0.717, 1.165) is 35.1 Å². The summed E-state index contributed by atoms with van der Waals surface area (Å²) in [4.78, 5) is 0. The molecule has 7 heteroatoms. The molecule has 0 bridgehead atoms. The lowest BCUT2D eigenvalue weighted by Gasteiger charge is -2.13. The Bertz CT molecular complexity index is 898. The van der Waals surface area contributed by atoms with E-state index < -0.39 is 6.10 Å². The highest BCUT2D eigenvalue weighted by atomic mass is 35.5. The summed E-state index contributed by atoms with van der Waals surface area (Å²) >= 11 is 7.39. The van der Waals surface area contributed by atoms with Gasteiger partial charge >= 0.3 is 0 Å². The predicted molar refractivity (Wildman–Crippen MR) is 111 cm³/mol. The first-order valence-electron chi connectivity index (χ1n) is 9.34. The van der Waals surface area contributed by atoms with Crippen LogP contribution in [0.3, 0.4) is 0 Å². The Morgan fingerprint density at radius 3 is 2.57 bits per heavy atom. The Kier molecular flexibility index (Phi) is 6.32. The minimum Gasteiger partial charge on any atom is -0.390 e. The molecule has 0 radical (unpaired) electrons. The SMILES string of the molecule is OC(COCc1ccc(Cl)cc1)CSc1nnc(C2CC2)n1-c1ccccc1. The van der Waals surface area contributed by atoms with Gasteiger partial charge in [-0.2, -0.15) is 0 Å². The van der Waals surface area contributed by atoms with Crippen LogP contribution in [0, 0.1) is 0 Å². The minimum atomic E-state index is -0.581. The average molecular weight is 416 g/mol. The maximum atomic E-state index is 10.3. The molecule has 3 aromatic rings. The molecular formula is C21H22ClN3O2S. The maximum Gasteiger partial charge on any atom is 0.195 e. The van der Waals surface area contributed by atoms with Gasteiger partial charge in [0.1, 0.15) is 5.82 Å². The fraction of sp³-hybridized carbons (Fsp3) is 0.333. The third-order valence-corrected chi connectivity index (χ3v) is 5.84. The molecule has 0 aliphatic heterocycles. The van der Waals surface area contributed by atoms with Crippen LogP contribution in [0.15, 0.2) is 59.8 Å².